The van der Waals surface area contributed by atoms with Crippen molar-refractivity contribution in [1.29, 1.82) is 0 Å². The predicted octanol–water partition coefficient (Wildman–Crippen LogP) is 3.25. The molecule has 0 fully saturated rings. The Balaban J connectivity index is 2.21. The third kappa shape index (κ3) is 3.40. The van der Waals surface area contributed by atoms with E-state index in [1.807, 2.05) is 0 Å². The number of halogens is 4. The highest BCUT2D eigenvalue weighted by Gasteiger charge is 2.33. The number of hydrogen-bond donors (Lipinski definition) is 1. The van der Waals surface area contributed by atoms with Gasteiger partial charge in [-0.1, -0.05) is 6.07 Å². The second-order valence-corrected chi connectivity index (χ2v) is 3.78. The van der Waals surface area contributed by atoms with Crippen molar-refractivity contribution in [2.24, 2.45) is 0 Å². The van der Waals surface area contributed by atoms with Gasteiger partial charge in [-0.05, 0) is 17.7 Å². The zero-order valence-corrected chi connectivity index (χ0v) is 9.58. The van der Waals surface area contributed by atoms with Gasteiger partial charge in [0.25, 0.3) is 0 Å². The molecule has 1 aromatic heterocycles. The van der Waals surface area contributed by atoms with Crippen molar-refractivity contribution in [2.45, 2.75) is 12.7 Å². The second-order valence-electron chi connectivity index (χ2n) is 3.78. The first-order chi connectivity index (χ1) is 8.97. The van der Waals surface area contributed by atoms with Crippen LogP contribution in [-0.2, 0) is 12.7 Å². The lowest BCUT2D eigenvalue weighted by atomic mass is 10.1. The summed E-state index contributed by atoms with van der Waals surface area (Å²) in [6, 6.07) is 2.58. The topological polar surface area (TPSA) is 37.8 Å². The summed E-state index contributed by atoms with van der Waals surface area (Å²) in [5.74, 6) is -0.917. The first-order valence-corrected chi connectivity index (χ1v) is 5.31. The number of anilines is 1. The lowest BCUT2D eigenvalue weighted by molar-refractivity contribution is -0.138. The monoisotopic (exact) mass is 271 g/mol. The maximum absolute atomic E-state index is 12.9. The molecule has 7 heteroatoms. The second kappa shape index (κ2) is 5.21. The van der Waals surface area contributed by atoms with Crippen LogP contribution in [0.5, 0.6) is 0 Å². The summed E-state index contributed by atoms with van der Waals surface area (Å²) in [7, 11) is 0. The van der Waals surface area contributed by atoms with E-state index in [4.69, 9.17) is 0 Å². The van der Waals surface area contributed by atoms with Gasteiger partial charge in [-0.2, -0.15) is 13.2 Å². The van der Waals surface area contributed by atoms with Gasteiger partial charge in [0, 0.05) is 6.54 Å². The van der Waals surface area contributed by atoms with Crippen LogP contribution in [0.1, 0.15) is 11.1 Å². The lowest BCUT2D eigenvalue weighted by Gasteiger charge is -2.13. The summed E-state index contributed by atoms with van der Waals surface area (Å²) in [5, 5.41) is 2.75. The molecule has 3 nitrogen and oxygen atoms in total. The van der Waals surface area contributed by atoms with Crippen molar-refractivity contribution in [1.82, 2.24) is 9.97 Å². The van der Waals surface area contributed by atoms with Crippen LogP contribution in [-0.4, -0.2) is 9.97 Å². The lowest BCUT2D eigenvalue weighted by Crippen LogP contribution is -2.12. The van der Waals surface area contributed by atoms with E-state index in [9.17, 15) is 17.6 Å². The predicted molar refractivity (Wildman–Crippen MR) is 60.8 cm³/mol. The van der Waals surface area contributed by atoms with Crippen molar-refractivity contribution < 1.29 is 17.6 Å². The molecule has 0 amide bonds. The smallest absolute Gasteiger partial charge is 0.378 e. The molecular formula is C12H9F4N3. The highest BCUT2D eigenvalue weighted by Crippen LogP contribution is 2.32. The molecule has 1 heterocycles. The molecule has 19 heavy (non-hydrogen) atoms. The Bertz CT molecular complexity index is 555. The first-order valence-electron chi connectivity index (χ1n) is 5.31. The minimum Gasteiger partial charge on any atom is -0.378 e. The molecule has 0 aliphatic rings. The Labute approximate surface area is 106 Å². The van der Waals surface area contributed by atoms with Gasteiger partial charge in [0.15, 0.2) is 0 Å². The van der Waals surface area contributed by atoms with E-state index in [0.717, 1.165) is 12.1 Å². The van der Waals surface area contributed by atoms with Gasteiger partial charge in [-0.15, -0.1) is 0 Å². The molecule has 100 valence electrons. The van der Waals surface area contributed by atoms with Gasteiger partial charge >= 0.3 is 6.18 Å². The fourth-order valence-electron chi connectivity index (χ4n) is 1.55. The van der Waals surface area contributed by atoms with Gasteiger partial charge in [-0.3, -0.25) is 0 Å². The molecular weight excluding hydrogens is 262 g/mol. The van der Waals surface area contributed by atoms with Crippen LogP contribution in [0.2, 0.25) is 0 Å². The quantitative estimate of drug-likeness (QED) is 0.871. The normalized spacial score (nSPS) is 11.4. The van der Waals surface area contributed by atoms with Crippen LogP contribution in [0.25, 0.3) is 0 Å². The molecule has 0 spiro atoms. The van der Waals surface area contributed by atoms with E-state index in [0.29, 0.717) is 11.8 Å². The molecule has 0 unspecified atom stereocenters. The average Bonchev–Trinajstić information content (AvgIpc) is 2.37. The summed E-state index contributed by atoms with van der Waals surface area (Å²) in [4.78, 5) is 7.45. The zero-order chi connectivity index (χ0) is 13.9. The molecule has 1 N–H and O–H groups in total. The van der Waals surface area contributed by atoms with Crippen molar-refractivity contribution in [3.63, 3.8) is 0 Å². The molecule has 0 bridgehead atoms. The van der Waals surface area contributed by atoms with Crippen LogP contribution in [0.3, 0.4) is 0 Å². The molecule has 2 rings (SSSR count). The average molecular weight is 271 g/mol. The Kier molecular flexibility index (Phi) is 3.64. The molecule has 0 radical (unpaired) electrons. The van der Waals surface area contributed by atoms with Crippen molar-refractivity contribution in [3.05, 3.63) is 53.9 Å². The largest absolute Gasteiger partial charge is 0.416 e. The fourth-order valence-corrected chi connectivity index (χ4v) is 1.55. The minimum atomic E-state index is -4.59. The summed E-state index contributed by atoms with van der Waals surface area (Å²) >= 11 is 0. The molecule has 1 aromatic carbocycles. The van der Waals surface area contributed by atoms with Gasteiger partial charge < -0.3 is 5.32 Å². The van der Waals surface area contributed by atoms with E-state index in [1.165, 1.54) is 18.7 Å². The maximum Gasteiger partial charge on any atom is 0.416 e. The van der Waals surface area contributed by atoms with E-state index < -0.39 is 17.6 Å². The number of nitrogens with zero attached hydrogens (tertiary/aromatic N) is 2. The standard InChI is InChI=1S/C12H9F4N3/c13-9-2-1-8(11(3-9)12(14,15)16)4-19-10-5-17-7-18-6-10/h1-3,5-7,19H,4H2. The number of rotatable bonds is 3. The first kappa shape index (κ1) is 13.3. The van der Waals surface area contributed by atoms with Crippen molar-refractivity contribution in [2.75, 3.05) is 5.32 Å². The molecule has 0 saturated carbocycles. The molecule has 0 saturated heterocycles. The molecule has 2 aromatic rings. The van der Waals surface area contributed by atoms with E-state index >= 15 is 0 Å². The SMILES string of the molecule is Fc1ccc(CNc2cncnc2)c(C(F)(F)F)c1. The number of hydrogen-bond acceptors (Lipinski definition) is 3. The maximum atomic E-state index is 12.9. The van der Waals surface area contributed by atoms with Gasteiger partial charge in [-0.25, -0.2) is 14.4 Å². The Morgan fingerprint density at radius 2 is 1.79 bits per heavy atom. The summed E-state index contributed by atoms with van der Waals surface area (Å²) in [6.07, 6.45) is -0.413. The highest BCUT2D eigenvalue weighted by molar-refractivity contribution is 5.40. The molecule has 0 atom stereocenters. The molecule has 0 aliphatic carbocycles. The van der Waals surface area contributed by atoms with Crippen LogP contribution >= 0.6 is 0 Å². The van der Waals surface area contributed by atoms with E-state index in [-0.39, 0.29) is 12.1 Å². The third-order valence-corrected chi connectivity index (χ3v) is 2.42. The van der Waals surface area contributed by atoms with Crippen LogP contribution < -0.4 is 5.32 Å². The minimum absolute atomic E-state index is 0.0437. The van der Waals surface area contributed by atoms with Crippen LogP contribution in [0.4, 0.5) is 23.2 Å². The summed E-state index contributed by atoms with van der Waals surface area (Å²) in [6.45, 7) is -0.0947. The van der Waals surface area contributed by atoms with Gasteiger partial charge in [0.1, 0.15) is 12.1 Å². The molecule has 0 aliphatic heterocycles. The van der Waals surface area contributed by atoms with E-state index in [2.05, 4.69) is 15.3 Å². The Hall–Kier alpha value is -2.18. The van der Waals surface area contributed by atoms with Crippen molar-refractivity contribution >= 4 is 5.69 Å². The number of aromatic nitrogens is 2. The Morgan fingerprint density at radius 1 is 1.11 bits per heavy atom. The Morgan fingerprint density at radius 3 is 2.42 bits per heavy atom. The van der Waals surface area contributed by atoms with Crippen LogP contribution in [0, 0.1) is 5.82 Å². The number of alkyl halides is 3. The number of nitrogens with one attached hydrogen (secondary N) is 1. The summed E-state index contributed by atoms with van der Waals surface area (Å²) < 4.78 is 51.1. The third-order valence-electron chi connectivity index (χ3n) is 2.42. The zero-order valence-electron chi connectivity index (χ0n) is 9.58. The van der Waals surface area contributed by atoms with Crippen molar-refractivity contribution in [3.8, 4) is 0 Å². The van der Waals surface area contributed by atoms with Crippen LogP contribution in [0.15, 0.2) is 36.9 Å². The number of benzene rings is 1. The highest BCUT2D eigenvalue weighted by atomic mass is 19.4. The summed E-state index contributed by atoms with van der Waals surface area (Å²) in [5.41, 5.74) is -0.547. The van der Waals surface area contributed by atoms with Gasteiger partial charge in [0.05, 0.1) is 23.6 Å². The van der Waals surface area contributed by atoms with Gasteiger partial charge in [0.2, 0.25) is 0 Å². The fraction of sp³-hybridized carbons (Fsp3) is 0.167. The van der Waals surface area contributed by atoms with E-state index in [1.54, 1.807) is 0 Å².